The number of carbonyl (C=O) groups excluding carboxylic acids is 1. The highest BCUT2D eigenvalue weighted by atomic mass is 32.2. The van der Waals surface area contributed by atoms with Crippen molar-refractivity contribution in [2.24, 2.45) is 5.92 Å². The quantitative estimate of drug-likeness (QED) is 0.547. The summed E-state index contributed by atoms with van der Waals surface area (Å²) < 4.78 is 1.27. The number of anilines is 2. The highest BCUT2D eigenvalue weighted by Crippen LogP contribution is 2.25. The molecule has 0 aliphatic carbocycles. The van der Waals surface area contributed by atoms with Crippen LogP contribution in [0, 0.1) is 5.92 Å². The summed E-state index contributed by atoms with van der Waals surface area (Å²) in [7, 11) is 0. The molecular weight excluding hydrogens is 414 g/mol. The number of nitrogens with zero attached hydrogens (tertiary/aromatic N) is 3. The first-order valence-electron chi connectivity index (χ1n) is 9.80. The molecule has 3 aromatic rings. The van der Waals surface area contributed by atoms with E-state index in [4.69, 9.17) is 5.73 Å². The number of aromatic nitrogens is 3. The molecule has 3 N–H and O–H groups in total. The summed E-state index contributed by atoms with van der Waals surface area (Å²) in [4.78, 5) is 46.7. The zero-order chi connectivity index (χ0) is 22.5. The lowest BCUT2D eigenvalue weighted by atomic mass is 10.1. The summed E-state index contributed by atoms with van der Waals surface area (Å²) in [5.74, 6) is -0.402. The molecule has 9 heteroatoms. The number of carbonyl (C=O) groups is 1. The summed E-state index contributed by atoms with van der Waals surface area (Å²) in [6.07, 6.45) is 3.43. The van der Waals surface area contributed by atoms with Crippen molar-refractivity contribution in [2.75, 3.05) is 23.4 Å². The Hall–Kier alpha value is -3.33. The van der Waals surface area contributed by atoms with Crippen molar-refractivity contribution in [3.05, 3.63) is 80.6 Å². The van der Waals surface area contributed by atoms with Crippen molar-refractivity contribution in [1.82, 2.24) is 14.5 Å². The summed E-state index contributed by atoms with van der Waals surface area (Å²) in [5.41, 5.74) is 6.17. The van der Waals surface area contributed by atoms with E-state index in [2.05, 4.69) is 9.97 Å². The van der Waals surface area contributed by atoms with Gasteiger partial charge in [-0.25, -0.2) is 9.78 Å². The average molecular weight is 440 g/mol. The second kappa shape index (κ2) is 9.65. The molecule has 0 radical (unpaired) electrons. The lowest BCUT2D eigenvalue weighted by Gasteiger charge is -2.26. The molecule has 8 nitrogen and oxygen atoms in total. The van der Waals surface area contributed by atoms with Crippen molar-refractivity contribution in [3.63, 3.8) is 0 Å². The van der Waals surface area contributed by atoms with Gasteiger partial charge in [-0.3, -0.25) is 19.1 Å². The maximum atomic E-state index is 13.5. The molecule has 2 aromatic heterocycles. The number of hydrogen-bond donors (Lipinski definition) is 2. The minimum Gasteiger partial charge on any atom is -0.383 e. The van der Waals surface area contributed by atoms with Gasteiger partial charge < -0.3 is 10.6 Å². The second-order valence-electron chi connectivity index (χ2n) is 7.43. The van der Waals surface area contributed by atoms with Crippen molar-refractivity contribution in [1.29, 1.82) is 0 Å². The van der Waals surface area contributed by atoms with E-state index in [1.807, 2.05) is 50.4 Å². The molecule has 0 aliphatic heterocycles. The summed E-state index contributed by atoms with van der Waals surface area (Å²) >= 11 is 1.34. The first kappa shape index (κ1) is 22.4. The fourth-order valence-corrected chi connectivity index (χ4v) is 3.81. The lowest BCUT2D eigenvalue weighted by molar-refractivity contribution is 0.0980. The lowest BCUT2D eigenvalue weighted by Crippen LogP contribution is -2.43. The molecule has 0 aliphatic rings. The van der Waals surface area contributed by atoms with Gasteiger partial charge in [-0.2, -0.15) is 0 Å². The minimum atomic E-state index is -0.699. The third-order valence-electron chi connectivity index (χ3n) is 4.66. The summed E-state index contributed by atoms with van der Waals surface area (Å²) in [6, 6.07) is 12.6. The maximum Gasteiger partial charge on any atom is 0.330 e. The molecule has 31 heavy (non-hydrogen) atoms. The SMILES string of the molecule is CSc1ncccc1C(=O)N(CC(C)C)c1c(N)n(Cc2ccccc2)c(=O)[nH]c1=O. The predicted octanol–water partition coefficient (Wildman–Crippen LogP) is 2.59. The standard InChI is InChI=1S/C22H25N5O3S/c1-14(2)12-26(21(29)16-10-7-11-24-20(16)31-3)17-18(23)27(22(30)25-19(17)28)13-15-8-5-4-6-9-15/h4-11,14H,12-13,23H2,1-3H3,(H,25,28,30). The van der Waals surface area contributed by atoms with Crippen molar-refractivity contribution in [3.8, 4) is 0 Å². The Morgan fingerprint density at radius 2 is 1.90 bits per heavy atom. The fourth-order valence-electron chi connectivity index (χ4n) is 3.26. The number of nitrogens with two attached hydrogens (primary N) is 1. The van der Waals surface area contributed by atoms with Gasteiger partial charge in [0.2, 0.25) is 0 Å². The molecular formula is C22H25N5O3S. The summed E-state index contributed by atoms with van der Waals surface area (Å²) in [6.45, 7) is 4.28. The third-order valence-corrected chi connectivity index (χ3v) is 5.37. The molecule has 0 saturated heterocycles. The minimum absolute atomic E-state index is 0.0369. The zero-order valence-electron chi connectivity index (χ0n) is 17.7. The Morgan fingerprint density at radius 1 is 1.19 bits per heavy atom. The van der Waals surface area contributed by atoms with Crippen LogP contribution in [-0.4, -0.2) is 33.2 Å². The number of nitrogens with one attached hydrogen (secondary N) is 1. The molecule has 0 spiro atoms. The number of rotatable bonds is 7. The highest BCUT2D eigenvalue weighted by Gasteiger charge is 2.27. The predicted molar refractivity (Wildman–Crippen MR) is 124 cm³/mol. The van der Waals surface area contributed by atoms with E-state index < -0.39 is 17.2 Å². The van der Waals surface area contributed by atoms with Crippen LogP contribution in [0.3, 0.4) is 0 Å². The Bertz CT molecular complexity index is 1190. The van der Waals surface area contributed by atoms with Crippen LogP contribution < -0.4 is 21.9 Å². The average Bonchev–Trinajstić information content (AvgIpc) is 2.75. The van der Waals surface area contributed by atoms with Crippen LogP contribution >= 0.6 is 11.8 Å². The number of H-pyrrole nitrogens is 1. The molecule has 1 aromatic carbocycles. The van der Waals surface area contributed by atoms with Crippen molar-refractivity contribution < 1.29 is 4.79 Å². The van der Waals surface area contributed by atoms with Crippen LogP contribution in [0.4, 0.5) is 11.5 Å². The van der Waals surface area contributed by atoms with Gasteiger partial charge in [0.25, 0.3) is 11.5 Å². The van der Waals surface area contributed by atoms with E-state index in [-0.39, 0.29) is 30.5 Å². The molecule has 162 valence electrons. The van der Waals surface area contributed by atoms with Crippen LogP contribution in [0.2, 0.25) is 0 Å². The van der Waals surface area contributed by atoms with E-state index in [9.17, 15) is 14.4 Å². The second-order valence-corrected chi connectivity index (χ2v) is 8.23. The molecule has 0 atom stereocenters. The smallest absolute Gasteiger partial charge is 0.330 e. The number of pyridine rings is 1. The van der Waals surface area contributed by atoms with E-state index in [0.29, 0.717) is 10.6 Å². The van der Waals surface area contributed by atoms with Gasteiger partial charge in [-0.15, -0.1) is 11.8 Å². The van der Waals surface area contributed by atoms with Gasteiger partial charge in [0.15, 0.2) is 5.69 Å². The maximum absolute atomic E-state index is 13.5. The number of thioether (sulfide) groups is 1. The normalized spacial score (nSPS) is 11.0. The van der Waals surface area contributed by atoms with E-state index in [1.54, 1.807) is 18.3 Å². The third kappa shape index (κ3) is 4.88. The molecule has 0 fully saturated rings. The topological polar surface area (TPSA) is 114 Å². The van der Waals surface area contributed by atoms with Crippen LogP contribution in [-0.2, 0) is 6.54 Å². The molecule has 3 rings (SSSR count). The molecule has 2 heterocycles. The monoisotopic (exact) mass is 439 g/mol. The van der Waals surface area contributed by atoms with E-state index in [0.717, 1.165) is 5.56 Å². The van der Waals surface area contributed by atoms with Gasteiger partial charge in [-0.1, -0.05) is 44.2 Å². The van der Waals surface area contributed by atoms with Crippen LogP contribution in [0.15, 0.2) is 63.3 Å². The van der Waals surface area contributed by atoms with Gasteiger partial charge in [0, 0.05) is 12.7 Å². The molecule has 0 unspecified atom stereocenters. The Balaban J connectivity index is 2.15. The van der Waals surface area contributed by atoms with E-state index >= 15 is 0 Å². The zero-order valence-corrected chi connectivity index (χ0v) is 18.5. The molecule has 0 saturated carbocycles. The van der Waals surface area contributed by atoms with Crippen LogP contribution in [0.5, 0.6) is 0 Å². The largest absolute Gasteiger partial charge is 0.383 e. The number of aromatic amines is 1. The number of benzene rings is 1. The summed E-state index contributed by atoms with van der Waals surface area (Å²) in [5, 5.41) is 0.550. The Morgan fingerprint density at radius 3 is 2.55 bits per heavy atom. The highest BCUT2D eigenvalue weighted by molar-refractivity contribution is 7.98. The van der Waals surface area contributed by atoms with E-state index in [1.165, 1.54) is 21.2 Å². The van der Waals surface area contributed by atoms with Gasteiger partial charge in [0.05, 0.1) is 12.1 Å². The first-order valence-corrected chi connectivity index (χ1v) is 11.0. The fraction of sp³-hybridized carbons (Fsp3) is 0.273. The van der Waals surface area contributed by atoms with Crippen LogP contribution in [0.1, 0.15) is 29.8 Å². The van der Waals surface area contributed by atoms with Crippen LogP contribution in [0.25, 0.3) is 0 Å². The Labute approximate surface area is 184 Å². The van der Waals surface area contributed by atoms with Crippen molar-refractivity contribution >= 4 is 29.2 Å². The van der Waals surface area contributed by atoms with Gasteiger partial charge >= 0.3 is 5.69 Å². The number of amides is 1. The first-order chi connectivity index (χ1) is 14.8. The molecule has 0 bridgehead atoms. The van der Waals surface area contributed by atoms with Crippen molar-refractivity contribution in [2.45, 2.75) is 25.4 Å². The number of hydrogen-bond acceptors (Lipinski definition) is 6. The number of nitrogen functional groups attached to an aromatic ring is 1. The molecule has 1 amide bonds. The van der Waals surface area contributed by atoms with Gasteiger partial charge in [0.1, 0.15) is 10.8 Å². The van der Waals surface area contributed by atoms with Gasteiger partial charge in [-0.05, 0) is 29.9 Å². The Kier molecular flexibility index (Phi) is 6.96.